The average Bonchev–Trinajstić information content (AvgIpc) is 2.46. The maximum Gasteiger partial charge on any atom is 0.270 e. The SMILES string of the molecule is CC1CCC(CNC(=O)c2cc([N+](=O)[O-])ccc2F)CC1. The number of nitrogens with zero attached hydrogens (tertiary/aromatic N) is 1. The van der Waals surface area contributed by atoms with E-state index in [0.717, 1.165) is 49.8 Å². The molecule has 0 aromatic heterocycles. The highest BCUT2D eigenvalue weighted by Crippen LogP contribution is 2.27. The van der Waals surface area contributed by atoms with Crippen molar-refractivity contribution in [3.05, 3.63) is 39.7 Å². The molecule has 5 nitrogen and oxygen atoms in total. The predicted molar refractivity (Wildman–Crippen MR) is 76.5 cm³/mol. The number of hydrogen-bond acceptors (Lipinski definition) is 3. The van der Waals surface area contributed by atoms with Gasteiger partial charge in [-0.2, -0.15) is 0 Å². The third kappa shape index (κ3) is 4.00. The van der Waals surface area contributed by atoms with E-state index < -0.39 is 16.6 Å². The lowest BCUT2D eigenvalue weighted by atomic mass is 9.83. The molecule has 1 aliphatic rings. The second-order valence-corrected chi connectivity index (χ2v) is 5.76. The molecule has 0 radical (unpaired) electrons. The zero-order valence-electron chi connectivity index (χ0n) is 12.0. The van der Waals surface area contributed by atoms with Gasteiger partial charge in [-0.05, 0) is 30.7 Å². The van der Waals surface area contributed by atoms with Crippen LogP contribution in [0.5, 0.6) is 0 Å². The molecule has 2 rings (SSSR count). The molecular formula is C15H19FN2O3. The van der Waals surface area contributed by atoms with Crippen LogP contribution in [0.1, 0.15) is 43.0 Å². The minimum atomic E-state index is -0.740. The number of carbonyl (C=O) groups excluding carboxylic acids is 1. The van der Waals surface area contributed by atoms with Gasteiger partial charge in [0.1, 0.15) is 5.82 Å². The maximum atomic E-state index is 13.6. The van der Waals surface area contributed by atoms with Crippen LogP contribution in [0.25, 0.3) is 0 Å². The molecule has 1 aliphatic carbocycles. The lowest BCUT2D eigenvalue weighted by Gasteiger charge is -2.26. The first-order chi connectivity index (χ1) is 9.97. The number of nitro benzene ring substituents is 1. The number of halogens is 1. The molecular weight excluding hydrogens is 275 g/mol. The maximum absolute atomic E-state index is 13.6. The number of carbonyl (C=O) groups is 1. The molecule has 1 N–H and O–H groups in total. The van der Waals surface area contributed by atoms with E-state index in [-0.39, 0.29) is 11.3 Å². The molecule has 1 aromatic rings. The van der Waals surface area contributed by atoms with E-state index in [9.17, 15) is 19.3 Å². The number of rotatable bonds is 4. The lowest BCUT2D eigenvalue weighted by molar-refractivity contribution is -0.384. The van der Waals surface area contributed by atoms with Crippen molar-refractivity contribution in [2.45, 2.75) is 32.6 Å². The minimum Gasteiger partial charge on any atom is -0.352 e. The topological polar surface area (TPSA) is 72.2 Å². The first-order valence-corrected chi connectivity index (χ1v) is 7.19. The molecule has 0 saturated heterocycles. The van der Waals surface area contributed by atoms with E-state index in [4.69, 9.17) is 0 Å². The van der Waals surface area contributed by atoms with Gasteiger partial charge in [-0.1, -0.05) is 19.8 Å². The summed E-state index contributed by atoms with van der Waals surface area (Å²) in [6.07, 6.45) is 4.40. The Hall–Kier alpha value is -1.98. The van der Waals surface area contributed by atoms with Gasteiger partial charge >= 0.3 is 0 Å². The number of non-ortho nitro benzene ring substituents is 1. The highest BCUT2D eigenvalue weighted by Gasteiger charge is 2.21. The molecule has 1 aromatic carbocycles. The normalized spacial score (nSPS) is 21.8. The summed E-state index contributed by atoms with van der Waals surface area (Å²) in [5.41, 5.74) is -0.554. The second kappa shape index (κ2) is 6.65. The standard InChI is InChI=1S/C15H19FN2O3/c1-10-2-4-11(5-3-10)9-17-15(19)13-8-12(18(20)21)6-7-14(13)16/h6-8,10-11H,2-5,9H2,1H3,(H,17,19). The summed E-state index contributed by atoms with van der Waals surface area (Å²) in [5, 5.41) is 13.4. The fraction of sp³-hybridized carbons (Fsp3) is 0.533. The van der Waals surface area contributed by atoms with Crippen LogP contribution in [0.4, 0.5) is 10.1 Å². The number of amides is 1. The van der Waals surface area contributed by atoms with Gasteiger partial charge in [0.2, 0.25) is 0 Å². The smallest absolute Gasteiger partial charge is 0.270 e. The van der Waals surface area contributed by atoms with E-state index in [1.165, 1.54) is 0 Å². The summed E-state index contributed by atoms with van der Waals surface area (Å²) in [6, 6.07) is 2.98. The van der Waals surface area contributed by atoms with E-state index in [2.05, 4.69) is 12.2 Å². The molecule has 1 saturated carbocycles. The van der Waals surface area contributed by atoms with Crippen LogP contribution in [0, 0.1) is 27.8 Å². The van der Waals surface area contributed by atoms with Crippen molar-refractivity contribution in [2.24, 2.45) is 11.8 Å². The number of hydrogen-bond donors (Lipinski definition) is 1. The highest BCUT2D eigenvalue weighted by atomic mass is 19.1. The van der Waals surface area contributed by atoms with Crippen molar-refractivity contribution in [1.29, 1.82) is 0 Å². The third-order valence-electron chi connectivity index (χ3n) is 4.09. The zero-order chi connectivity index (χ0) is 15.4. The summed E-state index contributed by atoms with van der Waals surface area (Å²) < 4.78 is 13.6. The van der Waals surface area contributed by atoms with Gasteiger partial charge in [-0.25, -0.2) is 4.39 Å². The molecule has 0 heterocycles. The van der Waals surface area contributed by atoms with Gasteiger partial charge in [0.15, 0.2) is 0 Å². The quantitative estimate of drug-likeness (QED) is 0.684. The predicted octanol–water partition coefficient (Wildman–Crippen LogP) is 3.29. The molecule has 0 atom stereocenters. The molecule has 114 valence electrons. The van der Waals surface area contributed by atoms with Crippen molar-refractivity contribution >= 4 is 11.6 Å². The second-order valence-electron chi connectivity index (χ2n) is 5.76. The Morgan fingerprint density at radius 2 is 2.05 bits per heavy atom. The van der Waals surface area contributed by atoms with Crippen LogP contribution in [0.15, 0.2) is 18.2 Å². The van der Waals surface area contributed by atoms with Crippen molar-refractivity contribution < 1.29 is 14.1 Å². The van der Waals surface area contributed by atoms with Gasteiger partial charge < -0.3 is 5.32 Å². The van der Waals surface area contributed by atoms with Crippen LogP contribution in [0.3, 0.4) is 0 Å². The number of benzene rings is 1. The van der Waals surface area contributed by atoms with Crippen LogP contribution >= 0.6 is 0 Å². The molecule has 0 unspecified atom stereocenters. The molecule has 21 heavy (non-hydrogen) atoms. The zero-order valence-corrected chi connectivity index (χ0v) is 12.0. The Morgan fingerprint density at radius 3 is 2.67 bits per heavy atom. The van der Waals surface area contributed by atoms with Gasteiger partial charge in [0, 0.05) is 18.7 Å². The van der Waals surface area contributed by atoms with Crippen LogP contribution in [-0.4, -0.2) is 17.4 Å². The van der Waals surface area contributed by atoms with Gasteiger partial charge in [-0.15, -0.1) is 0 Å². The summed E-state index contributed by atoms with van der Waals surface area (Å²) in [5.74, 6) is -0.191. The lowest BCUT2D eigenvalue weighted by Crippen LogP contribution is -2.31. The van der Waals surface area contributed by atoms with Gasteiger partial charge in [0.05, 0.1) is 10.5 Å². The number of nitro groups is 1. The van der Waals surface area contributed by atoms with E-state index >= 15 is 0 Å². The van der Waals surface area contributed by atoms with Crippen molar-refractivity contribution in [3.8, 4) is 0 Å². The summed E-state index contributed by atoms with van der Waals surface area (Å²) in [6.45, 7) is 2.71. The molecule has 1 amide bonds. The Kier molecular flexibility index (Phi) is 4.88. The van der Waals surface area contributed by atoms with Crippen molar-refractivity contribution in [2.75, 3.05) is 6.54 Å². The van der Waals surface area contributed by atoms with Crippen LogP contribution in [-0.2, 0) is 0 Å². The van der Waals surface area contributed by atoms with Crippen LogP contribution in [0.2, 0.25) is 0 Å². The highest BCUT2D eigenvalue weighted by molar-refractivity contribution is 5.95. The fourth-order valence-corrected chi connectivity index (χ4v) is 2.67. The van der Waals surface area contributed by atoms with E-state index in [1.54, 1.807) is 0 Å². The number of nitrogens with one attached hydrogen (secondary N) is 1. The molecule has 0 aliphatic heterocycles. The Bertz CT molecular complexity index is 540. The molecule has 6 heteroatoms. The average molecular weight is 294 g/mol. The third-order valence-corrected chi connectivity index (χ3v) is 4.09. The van der Waals surface area contributed by atoms with Crippen molar-refractivity contribution in [3.63, 3.8) is 0 Å². The van der Waals surface area contributed by atoms with Crippen molar-refractivity contribution in [1.82, 2.24) is 5.32 Å². The Morgan fingerprint density at radius 1 is 1.38 bits per heavy atom. The fourth-order valence-electron chi connectivity index (χ4n) is 2.67. The Balaban J connectivity index is 1.97. The first kappa shape index (κ1) is 15.4. The molecule has 1 fully saturated rings. The van der Waals surface area contributed by atoms with Gasteiger partial charge in [-0.3, -0.25) is 14.9 Å². The van der Waals surface area contributed by atoms with Crippen LogP contribution < -0.4 is 5.32 Å². The minimum absolute atomic E-state index is 0.270. The molecule has 0 bridgehead atoms. The largest absolute Gasteiger partial charge is 0.352 e. The summed E-state index contributed by atoms with van der Waals surface area (Å²) >= 11 is 0. The summed E-state index contributed by atoms with van der Waals surface area (Å²) in [7, 11) is 0. The van der Waals surface area contributed by atoms with Gasteiger partial charge in [0.25, 0.3) is 11.6 Å². The monoisotopic (exact) mass is 294 g/mol. The molecule has 0 spiro atoms. The van der Waals surface area contributed by atoms with E-state index in [1.807, 2.05) is 0 Å². The first-order valence-electron chi connectivity index (χ1n) is 7.19. The van der Waals surface area contributed by atoms with E-state index in [0.29, 0.717) is 12.5 Å². The Labute approximate surface area is 122 Å². The summed E-state index contributed by atoms with van der Waals surface area (Å²) in [4.78, 5) is 22.0.